The van der Waals surface area contributed by atoms with Gasteiger partial charge in [0.2, 0.25) is 11.8 Å². The van der Waals surface area contributed by atoms with E-state index < -0.39 is 0 Å². The third-order valence-electron chi connectivity index (χ3n) is 7.32. The van der Waals surface area contributed by atoms with Crippen molar-refractivity contribution in [1.82, 2.24) is 29.7 Å². The van der Waals surface area contributed by atoms with Crippen LogP contribution in [0, 0.1) is 0 Å². The van der Waals surface area contributed by atoms with Crippen molar-refractivity contribution in [3.8, 4) is 23.1 Å². The van der Waals surface area contributed by atoms with E-state index in [2.05, 4.69) is 25.2 Å². The fraction of sp³-hybridized carbons (Fsp3) is 0.536. The van der Waals surface area contributed by atoms with Crippen LogP contribution in [0.3, 0.4) is 0 Å². The number of likely N-dealkylation sites (tertiary alicyclic amines) is 1. The van der Waals surface area contributed by atoms with Crippen LogP contribution in [0.1, 0.15) is 52.4 Å². The Hall–Kier alpha value is -3.53. The van der Waals surface area contributed by atoms with Crippen molar-refractivity contribution in [2.24, 2.45) is 0 Å². The predicted molar refractivity (Wildman–Crippen MR) is 144 cm³/mol. The maximum atomic E-state index is 13.7. The van der Waals surface area contributed by atoms with E-state index in [0.717, 1.165) is 32.0 Å². The Balaban J connectivity index is 1.43. The number of hydrogen-bond donors (Lipinski definition) is 1. The minimum absolute atomic E-state index is 0.0632. The third kappa shape index (κ3) is 5.80. The molecule has 0 unspecified atom stereocenters. The van der Waals surface area contributed by atoms with Gasteiger partial charge in [0.25, 0.3) is 5.56 Å². The molecule has 4 heterocycles. The number of fused-ring (bicyclic) bond motifs is 1. The Kier molecular flexibility index (Phi) is 7.87. The topological polar surface area (TPSA) is 111 Å². The normalized spacial score (nSPS) is 17.3. The summed E-state index contributed by atoms with van der Waals surface area (Å²) in [7, 11) is 1.52. The van der Waals surface area contributed by atoms with E-state index >= 15 is 0 Å². The Morgan fingerprint density at radius 2 is 1.89 bits per heavy atom. The average molecular weight is 521 g/mol. The van der Waals surface area contributed by atoms with Crippen molar-refractivity contribution >= 4 is 16.9 Å². The minimum Gasteiger partial charge on any atom is -0.489 e. The van der Waals surface area contributed by atoms with Crippen LogP contribution in [0.4, 0.5) is 0 Å². The third-order valence-corrected chi connectivity index (χ3v) is 7.32. The summed E-state index contributed by atoms with van der Waals surface area (Å²) in [6, 6.07) is 7.55. The molecule has 0 spiro atoms. The summed E-state index contributed by atoms with van der Waals surface area (Å²) in [5.41, 5.74) is 0.318. The molecule has 1 aliphatic heterocycles. The molecule has 1 aliphatic carbocycles. The fourth-order valence-electron chi connectivity index (χ4n) is 5.48. The molecule has 0 atom stereocenters. The predicted octanol–water partition coefficient (Wildman–Crippen LogP) is 3.17. The number of amides is 1. The van der Waals surface area contributed by atoms with Gasteiger partial charge < -0.3 is 19.7 Å². The molecule has 38 heavy (non-hydrogen) atoms. The highest BCUT2D eigenvalue weighted by molar-refractivity contribution is 5.80. The summed E-state index contributed by atoms with van der Waals surface area (Å²) in [5, 5.41) is 3.14. The second-order valence-electron chi connectivity index (χ2n) is 10.4. The molecule has 1 amide bonds. The number of piperidine rings is 1. The number of aromatic nitrogens is 4. The summed E-state index contributed by atoms with van der Waals surface area (Å²) in [5.74, 6) is 0.884. The van der Waals surface area contributed by atoms with Crippen LogP contribution in [0.5, 0.6) is 11.6 Å². The second-order valence-corrected chi connectivity index (χ2v) is 10.4. The molecule has 0 radical (unpaired) electrons. The molecule has 10 heteroatoms. The van der Waals surface area contributed by atoms with Crippen LogP contribution >= 0.6 is 0 Å². The van der Waals surface area contributed by atoms with Gasteiger partial charge in [-0.25, -0.2) is 15.0 Å². The van der Waals surface area contributed by atoms with Crippen LogP contribution in [-0.4, -0.2) is 68.7 Å². The van der Waals surface area contributed by atoms with Gasteiger partial charge >= 0.3 is 0 Å². The van der Waals surface area contributed by atoms with Crippen molar-refractivity contribution in [2.45, 2.75) is 77.1 Å². The zero-order valence-electron chi connectivity index (χ0n) is 22.4. The Morgan fingerprint density at radius 3 is 2.61 bits per heavy atom. The van der Waals surface area contributed by atoms with Gasteiger partial charge in [-0.2, -0.15) is 0 Å². The first-order valence-corrected chi connectivity index (χ1v) is 13.5. The van der Waals surface area contributed by atoms with Gasteiger partial charge in [-0.15, -0.1) is 0 Å². The van der Waals surface area contributed by atoms with Gasteiger partial charge in [0, 0.05) is 31.2 Å². The first kappa shape index (κ1) is 26.1. The van der Waals surface area contributed by atoms with Gasteiger partial charge in [-0.05, 0) is 51.7 Å². The Bertz CT molecular complexity index is 1340. The molecular weight excluding hydrogens is 484 g/mol. The van der Waals surface area contributed by atoms with E-state index in [9.17, 15) is 9.59 Å². The zero-order valence-corrected chi connectivity index (χ0v) is 22.4. The molecule has 1 saturated carbocycles. The van der Waals surface area contributed by atoms with E-state index in [4.69, 9.17) is 9.47 Å². The first-order chi connectivity index (χ1) is 18.4. The van der Waals surface area contributed by atoms with Gasteiger partial charge in [0.15, 0.2) is 11.5 Å². The number of carbonyl (C=O) groups is 1. The Morgan fingerprint density at radius 1 is 1.13 bits per heavy atom. The summed E-state index contributed by atoms with van der Waals surface area (Å²) >= 11 is 0. The number of methoxy groups -OCH3 is 1. The van der Waals surface area contributed by atoms with Crippen LogP contribution in [0.2, 0.25) is 0 Å². The van der Waals surface area contributed by atoms with E-state index in [1.165, 1.54) is 37.4 Å². The summed E-state index contributed by atoms with van der Waals surface area (Å²) < 4.78 is 12.9. The lowest BCUT2D eigenvalue weighted by atomic mass is 10.0. The summed E-state index contributed by atoms with van der Waals surface area (Å²) in [4.78, 5) is 42.5. The molecule has 5 rings (SSSR count). The highest BCUT2D eigenvalue weighted by Gasteiger charge is 2.28. The SMILES string of the molecule is COc1cccc(-c2nc3ncc(OC4CCN(C5CCCC5)CC4)cc3c(=O)n2CC(=O)NC(C)C)n1. The van der Waals surface area contributed by atoms with Crippen LogP contribution < -0.4 is 20.3 Å². The lowest BCUT2D eigenvalue weighted by Crippen LogP contribution is -2.43. The monoisotopic (exact) mass is 520 g/mol. The number of hydrogen-bond acceptors (Lipinski definition) is 8. The molecule has 3 aromatic heterocycles. The van der Waals surface area contributed by atoms with Gasteiger partial charge in [0.05, 0.1) is 18.7 Å². The molecule has 202 valence electrons. The van der Waals surface area contributed by atoms with Gasteiger partial charge in [-0.1, -0.05) is 18.9 Å². The molecule has 2 aliphatic rings. The van der Waals surface area contributed by atoms with Crippen LogP contribution in [0.25, 0.3) is 22.6 Å². The Labute approximate surface area is 222 Å². The number of ether oxygens (including phenoxy) is 2. The first-order valence-electron chi connectivity index (χ1n) is 13.5. The fourth-order valence-corrected chi connectivity index (χ4v) is 5.48. The van der Waals surface area contributed by atoms with Crippen molar-refractivity contribution < 1.29 is 14.3 Å². The molecule has 0 aromatic carbocycles. The standard InChI is InChI=1S/C28H36N6O4/c1-18(2)30-24(35)17-34-27(23-9-6-10-25(31-23)37-3)32-26-22(28(34)36)15-21(16-29-26)38-20-11-13-33(14-12-20)19-7-4-5-8-19/h6,9-10,15-16,18-20H,4-5,7-8,11-14,17H2,1-3H3,(H,30,35). The number of pyridine rings is 2. The molecule has 1 saturated heterocycles. The highest BCUT2D eigenvalue weighted by atomic mass is 16.5. The average Bonchev–Trinajstić information content (AvgIpc) is 3.46. The van der Waals surface area contributed by atoms with Crippen LogP contribution in [0.15, 0.2) is 35.3 Å². The molecule has 3 aromatic rings. The van der Waals surface area contributed by atoms with Gasteiger partial charge in [-0.3, -0.25) is 14.2 Å². The molecule has 10 nitrogen and oxygen atoms in total. The largest absolute Gasteiger partial charge is 0.489 e. The van der Waals surface area contributed by atoms with E-state index in [1.807, 2.05) is 13.8 Å². The minimum atomic E-state index is -0.373. The number of rotatable bonds is 8. The van der Waals surface area contributed by atoms with E-state index in [-0.39, 0.29) is 41.6 Å². The van der Waals surface area contributed by atoms with Crippen molar-refractivity contribution in [2.75, 3.05) is 20.2 Å². The second kappa shape index (κ2) is 11.5. The summed E-state index contributed by atoms with van der Waals surface area (Å²) in [6.45, 7) is 5.61. The number of nitrogens with one attached hydrogen (secondary N) is 1. The maximum Gasteiger partial charge on any atom is 0.263 e. The van der Waals surface area contributed by atoms with E-state index in [1.54, 1.807) is 30.5 Å². The lowest BCUT2D eigenvalue weighted by molar-refractivity contribution is -0.122. The highest BCUT2D eigenvalue weighted by Crippen LogP contribution is 2.28. The lowest BCUT2D eigenvalue weighted by Gasteiger charge is -2.35. The molecule has 0 bridgehead atoms. The van der Waals surface area contributed by atoms with Crippen molar-refractivity contribution in [3.05, 3.63) is 40.8 Å². The van der Waals surface area contributed by atoms with Crippen LogP contribution in [-0.2, 0) is 11.3 Å². The number of nitrogens with zero attached hydrogens (tertiary/aromatic N) is 5. The molecule has 1 N–H and O–H groups in total. The van der Waals surface area contributed by atoms with Crippen molar-refractivity contribution in [1.29, 1.82) is 0 Å². The molecular formula is C28H36N6O4. The maximum absolute atomic E-state index is 13.7. The van der Waals surface area contributed by atoms with Gasteiger partial charge in [0.1, 0.15) is 24.1 Å². The molecule has 2 fully saturated rings. The van der Waals surface area contributed by atoms with Crippen molar-refractivity contribution in [3.63, 3.8) is 0 Å². The summed E-state index contributed by atoms with van der Waals surface area (Å²) in [6.07, 6.45) is 8.90. The number of carbonyl (C=O) groups excluding carboxylic acids is 1. The van der Waals surface area contributed by atoms with E-state index in [0.29, 0.717) is 22.7 Å². The smallest absolute Gasteiger partial charge is 0.263 e. The zero-order chi connectivity index (χ0) is 26.6. The quantitative estimate of drug-likeness (QED) is 0.482.